The average Bonchev–Trinajstić information content (AvgIpc) is 3.26. The topological polar surface area (TPSA) is 104 Å². The van der Waals surface area contributed by atoms with Gasteiger partial charge < -0.3 is 30.2 Å². The summed E-state index contributed by atoms with van der Waals surface area (Å²) >= 11 is 0. The number of likely N-dealkylation sites (N-methyl/N-ethyl adjacent to an activating group) is 1. The van der Waals surface area contributed by atoms with Gasteiger partial charge in [-0.25, -0.2) is 0 Å². The van der Waals surface area contributed by atoms with E-state index in [0.717, 1.165) is 61.8 Å². The summed E-state index contributed by atoms with van der Waals surface area (Å²) in [7, 11) is 2.14. The van der Waals surface area contributed by atoms with Gasteiger partial charge in [0, 0.05) is 74.2 Å². The molecular weight excluding hydrogens is 408 g/mol. The molecule has 0 radical (unpaired) electrons. The lowest BCUT2D eigenvalue weighted by Crippen LogP contribution is -2.45. The van der Waals surface area contributed by atoms with Crippen LogP contribution in [-0.2, 0) is 6.54 Å². The third kappa shape index (κ3) is 3.57. The third-order valence-electron chi connectivity index (χ3n) is 6.24. The Bertz CT molecular complexity index is 1240. The number of allylic oxidation sites excluding steroid dienone is 1. The highest BCUT2D eigenvalue weighted by atomic mass is 16.5. The average molecular weight is 434 g/mol. The maximum Gasteiger partial charge on any atom is 0.235 e. The largest absolute Gasteiger partial charge is 0.508 e. The molecule has 3 heterocycles. The zero-order chi connectivity index (χ0) is 22.4. The van der Waals surface area contributed by atoms with E-state index >= 15 is 0 Å². The molecule has 2 aromatic carbocycles. The number of anilines is 1. The molecule has 0 aliphatic carbocycles. The second-order valence-corrected chi connectivity index (χ2v) is 8.44. The van der Waals surface area contributed by atoms with Crippen molar-refractivity contribution in [3.05, 3.63) is 53.4 Å². The highest BCUT2D eigenvalue weighted by Crippen LogP contribution is 2.41. The van der Waals surface area contributed by atoms with Gasteiger partial charge in [-0.05, 0) is 25.3 Å². The van der Waals surface area contributed by atoms with Gasteiger partial charge in [-0.15, -0.1) is 0 Å². The number of aromatic hydroxyl groups is 2. The molecule has 0 amide bonds. The first-order valence-electron chi connectivity index (χ1n) is 10.7. The van der Waals surface area contributed by atoms with Crippen molar-refractivity contribution in [2.24, 2.45) is 0 Å². The Kier molecular flexibility index (Phi) is 5.03. The van der Waals surface area contributed by atoms with Crippen molar-refractivity contribution in [3.63, 3.8) is 0 Å². The van der Waals surface area contributed by atoms with Crippen LogP contribution in [0.5, 0.6) is 17.2 Å². The van der Waals surface area contributed by atoms with Crippen LogP contribution in [-0.4, -0.2) is 70.1 Å². The summed E-state index contributed by atoms with van der Waals surface area (Å²) in [6.07, 6.45) is 3.64. The quantitative estimate of drug-likeness (QED) is 0.428. The lowest BCUT2D eigenvalue weighted by molar-refractivity contribution is 0.101. The summed E-state index contributed by atoms with van der Waals surface area (Å²) in [5, 5.41) is 20.6. The van der Waals surface area contributed by atoms with E-state index in [2.05, 4.69) is 21.4 Å². The van der Waals surface area contributed by atoms with Crippen LogP contribution in [0, 0.1) is 0 Å². The SMILES string of the molecule is CN1CCN(CCn2cc(/C=C3\Oc4cc(O)cc(O)c4C3=O)c3c(N)cccc32)CC1. The summed E-state index contributed by atoms with van der Waals surface area (Å²) in [4.78, 5) is 17.6. The number of nitrogens with two attached hydrogens (primary N) is 1. The number of ether oxygens (including phenoxy) is 1. The van der Waals surface area contributed by atoms with Crippen molar-refractivity contribution in [2.75, 3.05) is 45.5 Å². The van der Waals surface area contributed by atoms with Crippen LogP contribution >= 0.6 is 0 Å². The number of nitrogen functional groups attached to an aromatic ring is 1. The number of aromatic nitrogens is 1. The summed E-state index contributed by atoms with van der Waals surface area (Å²) < 4.78 is 7.84. The van der Waals surface area contributed by atoms with Gasteiger partial charge in [-0.3, -0.25) is 9.69 Å². The molecule has 0 bridgehead atoms. The minimum atomic E-state index is -0.426. The maximum absolute atomic E-state index is 12.8. The zero-order valence-corrected chi connectivity index (χ0v) is 17.9. The van der Waals surface area contributed by atoms with Crippen LogP contribution in [0.4, 0.5) is 5.69 Å². The number of hydrogen-bond acceptors (Lipinski definition) is 7. The lowest BCUT2D eigenvalue weighted by Gasteiger charge is -2.32. The zero-order valence-electron chi connectivity index (χ0n) is 17.9. The first kappa shape index (κ1) is 20.4. The predicted octanol–water partition coefficient (Wildman–Crippen LogP) is 2.50. The molecule has 1 aromatic heterocycles. The van der Waals surface area contributed by atoms with Gasteiger partial charge in [-0.1, -0.05) is 6.07 Å². The lowest BCUT2D eigenvalue weighted by atomic mass is 10.1. The number of rotatable bonds is 4. The number of fused-ring (bicyclic) bond motifs is 2. The summed E-state index contributed by atoms with van der Waals surface area (Å²) in [5.41, 5.74) is 8.75. The number of phenolic OH excluding ortho intramolecular Hbond substituents is 2. The molecule has 32 heavy (non-hydrogen) atoms. The molecule has 1 saturated heterocycles. The van der Waals surface area contributed by atoms with E-state index in [-0.39, 0.29) is 28.6 Å². The Morgan fingerprint density at radius 3 is 2.69 bits per heavy atom. The standard InChI is InChI=1S/C24H26N4O4/c1-26-5-7-27(8-6-26)9-10-28-14-15(22-17(25)3-2-4-18(22)28)11-21-24(31)23-19(30)12-16(29)13-20(23)32-21/h2-4,11-14,29-30H,5-10,25H2,1H3/b21-11-. The number of carbonyl (C=O) groups excluding carboxylic acids is 1. The number of benzene rings is 2. The normalized spacial score (nSPS) is 18.4. The van der Waals surface area contributed by atoms with Crippen LogP contribution in [0.25, 0.3) is 17.0 Å². The minimum Gasteiger partial charge on any atom is -0.508 e. The van der Waals surface area contributed by atoms with Crippen LogP contribution in [0.3, 0.4) is 0 Å². The Morgan fingerprint density at radius 2 is 1.91 bits per heavy atom. The van der Waals surface area contributed by atoms with Gasteiger partial charge in [0.1, 0.15) is 22.8 Å². The van der Waals surface area contributed by atoms with E-state index in [1.54, 1.807) is 6.08 Å². The van der Waals surface area contributed by atoms with Crippen molar-refractivity contribution >= 4 is 28.4 Å². The van der Waals surface area contributed by atoms with Crippen LogP contribution < -0.4 is 10.5 Å². The van der Waals surface area contributed by atoms with Crippen molar-refractivity contribution in [3.8, 4) is 17.2 Å². The molecule has 8 heteroatoms. The molecule has 4 N–H and O–H groups in total. The fourth-order valence-corrected chi connectivity index (χ4v) is 4.45. The molecule has 166 valence electrons. The van der Waals surface area contributed by atoms with Gasteiger partial charge in [0.25, 0.3) is 0 Å². The van der Waals surface area contributed by atoms with E-state index in [0.29, 0.717) is 5.69 Å². The fourth-order valence-electron chi connectivity index (χ4n) is 4.45. The Hall–Kier alpha value is -3.49. The van der Waals surface area contributed by atoms with Gasteiger partial charge in [-0.2, -0.15) is 0 Å². The van der Waals surface area contributed by atoms with Crippen LogP contribution in [0.15, 0.2) is 42.3 Å². The second-order valence-electron chi connectivity index (χ2n) is 8.44. The van der Waals surface area contributed by atoms with Crippen molar-refractivity contribution in [1.29, 1.82) is 0 Å². The number of nitrogens with zero attached hydrogens (tertiary/aromatic N) is 3. The summed E-state index contributed by atoms with van der Waals surface area (Å²) in [6.45, 7) is 5.96. The molecule has 0 unspecified atom stereocenters. The summed E-state index contributed by atoms with van der Waals surface area (Å²) in [6, 6.07) is 8.24. The molecule has 1 fully saturated rings. The van der Waals surface area contributed by atoms with Crippen LogP contribution in [0.2, 0.25) is 0 Å². The Labute approximate surface area is 185 Å². The molecule has 3 aromatic rings. The minimum absolute atomic E-state index is 0.0563. The molecule has 2 aliphatic rings. The molecular formula is C24H26N4O4. The van der Waals surface area contributed by atoms with Crippen molar-refractivity contribution in [1.82, 2.24) is 14.4 Å². The molecule has 0 atom stereocenters. The van der Waals surface area contributed by atoms with Gasteiger partial charge >= 0.3 is 0 Å². The number of phenols is 2. The number of carbonyl (C=O) groups is 1. The maximum atomic E-state index is 12.8. The Balaban J connectivity index is 1.47. The smallest absolute Gasteiger partial charge is 0.235 e. The first-order chi connectivity index (χ1) is 15.4. The number of hydrogen-bond donors (Lipinski definition) is 3. The number of Topliss-reactive ketones (excluding diaryl/α,β-unsaturated/α-hetero) is 1. The fraction of sp³-hybridized carbons (Fsp3) is 0.292. The monoisotopic (exact) mass is 434 g/mol. The van der Waals surface area contributed by atoms with E-state index in [9.17, 15) is 15.0 Å². The van der Waals surface area contributed by atoms with Gasteiger partial charge in [0.05, 0.1) is 5.52 Å². The molecule has 0 saturated carbocycles. The van der Waals surface area contributed by atoms with E-state index in [4.69, 9.17) is 10.5 Å². The molecule has 0 spiro atoms. The van der Waals surface area contributed by atoms with Gasteiger partial charge in [0.2, 0.25) is 5.78 Å². The highest BCUT2D eigenvalue weighted by molar-refractivity contribution is 6.17. The van der Waals surface area contributed by atoms with E-state index < -0.39 is 5.78 Å². The molecule has 5 rings (SSSR count). The van der Waals surface area contributed by atoms with Crippen molar-refractivity contribution < 1.29 is 19.7 Å². The predicted molar refractivity (Wildman–Crippen MR) is 123 cm³/mol. The molecule has 2 aliphatic heterocycles. The Morgan fingerprint density at radius 1 is 1.12 bits per heavy atom. The number of piperazine rings is 1. The number of ketones is 1. The van der Waals surface area contributed by atoms with Crippen LogP contribution in [0.1, 0.15) is 15.9 Å². The molecule has 8 nitrogen and oxygen atoms in total. The van der Waals surface area contributed by atoms with Gasteiger partial charge in [0.15, 0.2) is 5.76 Å². The first-order valence-corrected chi connectivity index (χ1v) is 10.7. The van der Waals surface area contributed by atoms with E-state index in [1.165, 1.54) is 6.07 Å². The summed E-state index contributed by atoms with van der Waals surface area (Å²) in [5.74, 6) is -0.666. The van der Waals surface area contributed by atoms with Crippen molar-refractivity contribution in [2.45, 2.75) is 6.54 Å². The van der Waals surface area contributed by atoms with E-state index in [1.807, 2.05) is 24.4 Å². The second kappa shape index (κ2) is 7.89. The third-order valence-corrected chi connectivity index (χ3v) is 6.24. The highest BCUT2D eigenvalue weighted by Gasteiger charge is 2.31.